The van der Waals surface area contributed by atoms with Crippen LogP contribution in [0.5, 0.6) is 0 Å². The Morgan fingerprint density at radius 3 is 2.56 bits per heavy atom. The summed E-state index contributed by atoms with van der Waals surface area (Å²) in [7, 11) is 0. The van der Waals surface area contributed by atoms with E-state index in [1.165, 1.54) is 77.5 Å². The maximum absolute atomic E-state index is 3.81. The Morgan fingerprint density at radius 2 is 1.81 bits per heavy atom. The van der Waals surface area contributed by atoms with Crippen LogP contribution in [-0.4, -0.2) is 36.6 Å². The molecule has 0 unspecified atom stereocenters. The van der Waals surface area contributed by atoms with E-state index >= 15 is 0 Å². The van der Waals surface area contributed by atoms with Gasteiger partial charge in [-0.3, -0.25) is 4.90 Å². The highest BCUT2D eigenvalue weighted by atomic mass is 15.2. The lowest BCUT2D eigenvalue weighted by Gasteiger charge is -2.42. The van der Waals surface area contributed by atoms with E-state index in [9.17, 15) is 0 Å². The predicted molar refractivity (Wildman–Crippen MR) is 67.6 cm³/mol. The van der Waals surface area contributed by atoms with E-state index in [0.717, 1.165) is 5.92 Å². The first-order valence-electron chi connectivity index (χ1n) is 7.34. The fourth-order valence-electron chi connectivity index (χ4n) is 4.14. The second-order valence-electron chi connectivity index (χ2n) is 6.30. The molecule has 1 heterocycles. The monoisotopic (exact) mass is 222 g/mol. The zero-order chi connectivity index (χ0) is 10.8. The summed E-state index contributed by atoms with van der Waals surface area (Å²) in [5, 5.41) is 3.81. The normalized spacial score (nSPS) is 31.5. The van der Waals surface area contributed by atoms with Crippen LogP contribution in [0.4, 0.5) is 0 Å². The quantitative estimate of drug-likeness (QED) is 0.772. The summed E-state index contributed by atoms with van der Waals surface area (Å²) in [6.07, 6.45) is 11.7. The molecule has 2 nitrogen and oxygen atoms in total. The molecule has 1 spiro atoms. The topological polar surface area (TPSA) is 15.3 Å². The Bertz CT molecular complexity index is 227. The number of hydrogen-bond donors (Lipinski definition) is 1. The molecule has 16 heavy (non-hydrogen) atoms. The minimum absolute atomic E-state index is 0.525. The van der Waals surface area contributed by atoms with Crippen molar-refractivity contribution in [2.24, 2.45) is 5.92 Å². The van der Waals surface area contributed by atoms with Gasteiger partial charge in [-0.15, -0.1) is 0 Å². The first-order chi connectivity index (χ1) is 7.86. The molecule has 92 valence electrons. The summed E-state index contributed by atoms with van der Waals surface area (Å²) >= 11 is 0. The fraction of sp³-hybridized carbons (Fsp3) is 1.00. The molecule has 1 aliphatic heterocycles. The van der Waals surface area contributed by atoms with Gasteiger partial charge in [0.05, 0.1) is 0 Å². The van der Waals surface area contributed by atoms with Crippen LogP contribution in [-0.2, 0) is 0 Å². The lowest BCUT2D eigenvalue weighted by atomic mass is 9.93. The molecule has 2 heteroatoms. The smallest absolute Gasteiger partial charge is 0.0309 e. The van der Waals surface area contributed by atoms with Crippen LogP contribution in [0.2, 0.25) is 0 Å². The Balaban J connectivity index is 1.55. The van der Waals surface area contributed by atoms with Crippen molar-refractivity contribution in [3.63, 3.8) is 0 Å². The van der Waals surface area contributed by atoms with Crippen molar-refractivity contribution in [1.29, 1.82) is 0 Å². The zero-order valence-electron chi connectivity index (χ0n) is 10.5. The highest BCUT2D eigenvalue weighted by Crippen LogP contribution is 2.33. The summed E-state index contributed by atoms with van der Waals surface area (Å²) in [5.41, 5.74) is 0.525. The van der Waals surface area contributed by atoms with Gasteiger partial charge in [-0.25, -0.2) is 0 Å². The van der Waals surface area contributed by atoms with Crippen molar-refractivity contribution in [2.45, 2.75) is 56.9 Å². The van der Waals surface area contributed by atoms with Gasteiger partial charge in [0.25, 0.3) is 0 Å². The van der Waals surface area contributed by atoms with Crippen molar-refractivity contribution < 1.29 is 0 Å². The molecule has 3 aliphatic rings. The molecular formula is C14H26N2. The third kappa shape index (κ3) is 2.28. The second-order valence-corrected chi connectivity index (χ2v) is 6.30. The van der Waals surface area contributed by atoms with Gasteiger partial charge in [-0.1, -0.05) is 25.7 Å². The standard InChI is InChI=1S/C14H26N2/c1-2-6-13(5-1)11-16-10-9-15-14(12-16)7-3-4-8-14/h13,15H,1-12H2. The van der Waals surface area contributed by atoms with E-state index in [-0.39, 0.29) is 0 Å². The van der Waals surface area contributed by atoms with Crippen LogP contribution in [0, 0.1) is 5.92 Å². The molecule has 3 rings (SSSR count). The largest absolute Gasteiger partial charge is 0.309 e. The van der Waals surface area contributed by atoms with Crippen LogP contribution in [0.15, 0.2) is 0 Å². The van der Waals surface area contributed by atoms with Crippen LogP contribution < -0.4 is 5.32 Å². The molecule has 2 aliphatic carbocycles. The first-order valence-corrected chi connectivity index (χ1v) is 7.34. The van der Waals surface area contributed by atoms with Crippen LogP contribution >= 0.6 is 0 Å². The lowest BCUT2D eigenvalue weighted by Crippen LogP contribution is -2.59. The Hall–Kier alpha value is -0.0800. The summed E-state index contributed by atoms with van der Waals surface area (Å²) in [6.45, 7) is 5.25. The molecule has 0 amide bonds. The van der Waals surface area contributed by atoms with Gasteiger partial charge in [-0.2, -0.15) is 0 Å². The predicted octanol–water partition coefficient (Wildman–Crippen LogP) is 2.39. The molecule has 1 N–H and O–H groups in total. The van der Waals surface area contributed by atoms with Gasteiger partial charge < -0.3 is 5.32 Å². The lowest BCUT2D eigenvalue weighted by molar-refractivity contribution is 0.118. The van der Waals surface area contributed by atoms with Gasteiger partial charge in [0, 0.05) is 31.7 Å². The number of piperazine rings is 1. The zero-order valence-corrected chi connectivity index (χ0v) is 10.5. The Kier molecular flexibility index (Phi) is 3.21. The Labute approximate surface area is 99.8 Å². The first kappa shape index (κ1) is 11.0. The fourth-order valence-corrected chi connectivity index (χ4v) is 4.14. The molecular weight excluding hydrogens is 196 g/mol. The van der Waals surface area contributed by atoms with Gasteiger partial charge in [0.1, 0.15) is 0 Å². The Morgan fingerprint density at radius 1 is 1.06 bits per heavy atom. The minimum atomic E-state index is 0.525. The second kappa shape index (κ2) is 4.66. The van der Waals surface area contributed by atoms with Gasteiger partial charge in [0.15, 0.2) is 0 Å². The molecule has 3 fully saturated rings. The van der Waals surface area contributed by atoms with E-state index in [4.69, 9.17) is 0 Å². The number of hydrogen-bond acceptors (Lipinski definition) is 2. The van der Waals surface area contributed by atoms with E-state index in [0.29, 0.717) is 5.54 Å². The molecule has 0 aromatic heterocycles. The van der Waals surface area contributed by atoms with Gasteiger partial charge >= 0.3 is 0 Å². The van der Waals surface area contributed by atoms with Crippen LogP contribution in [0.25, 0.3) is 0 Å². The summed E-state index contributed by atoms with van der Waals surface area (Å²) in [6, 6.07) is 0. The van der Waals surface area contributed by atoms with E-state index < -0.39 is 0 Å². The average molecular weight is 222 g/mol. The molecule has 0 aromatic rings. The summed E-state index contributed by atoms with van der Waals surface area (Å²) in [4.78, 5) is 2.76. The summed E-state index contributed by atoms with van der Waals surface area (Å²) in [5.74, 6) is 1.02. The molecule has 0 atom stereocenters. The SMILES string of the molecule is C1CCC(CN2CCNC3(CCCC3)C2)C1. The van der Waals surface area contributed by atoms with Crippen molar-refractivity contribution in [3.8, 4) is 0 Å². The maximum atomic E-state index is 3.81. The highest BCUT2D eigenvalue weighted by molar-refractivity contribution is 4.98. The van der Waals surface area contributed by atoms with Gasteiger partial charge in [-0.05, 0) is 31.6 Å². The third-order valence-corrected chi connectivity index (χ3v) is 5.01. The van der Waals surface area contributed by atoms with Crippen LogP contribution in [0.1, 0.15) is 51.4 Å². The number of rotatable bonds is 2. The summed E-state index contributed by atoms with van der Waals surface area (Å²) < 4.78 is 0. The highest BCUT2D eigenvalue weighted by Gasteiger charge is 2.37. The number of nitrogens with zero attached hydrogens (tertiary/aromatic N) is 1. The van der Waals surface area contributed by atoms with E-state index in [1.54, 1.807) is 0 Å². The maximum Gasteiger partial charge on any atom is 0.0309 e. The average Bonchev–Trinajstić information content (AvgIpc) is 2.91. The van der Waals surface area contributed by atoms with Crippen molar-refractivity contribution in [1.82, 2.24) is 10.2 Å². The van der Waals surface area contributed by atoms with Crippen LogP contribution in [0.3, 0.4) is 0 Å². The molecule has 0 bridgehead atoms. The van der Waals surface area contributed by atoms with Gasteiger partial charge in [0.2, 0.25) is 0 Å². The third-order valence-electron chi connectivity index (χ3n) is 5.01. The minimum Gasteiger partial charge on any atom is -0.309 e. The van der Waals surface area contributed by atoms with Crippen molar-refractivity contribution >= 4 is 0 Å². The molecule has 0 radical (unpaired) electrons. The van der Waals surface area contributed by atoms with Crippen molar-refractivity contribution in [2.75, 3.05) is 26.2 Å². The van der Waals surface area contributed by atoms with E-state index in [1.807, 2.05) is 0 Å². The molecule has 0 aromatic carbocycles. The van der Waals surface area contributed by atoms with Crippen molar-refractivity contribution in [3.05, 3.63) is 0 Å². The number of nitrogens with one attached hydrogen (secondary N) is 1. The molecule has 2 saturated carbocycles. The van der Waals surface area contributed by atoms with E-state index in [2.05, 4.69) is 10.2 Å². The molecule has 1 saturated heterocycles.